The summed E-state index contributed by atoms with van der Waals surface area (Å²) < 4.78 is 46.0. The first-order chi connectivity index (χ1) is 9.41. The molecule has 0 amide bonds. The molecule has 1 aromatic rings. The Bertz CT molecular complexity index is 591. The van der Waals surface area contributed by atoms with Gasteiger partial charge in [0.15, 0.2) is 5.84 Å². The van der Waals surface area contributed by atoms with E-state index >= 15 is 0 Å². The largest absolute Gasteiger partial charge is 0.409 e. The van der Waals surface area contributed by atoms with E-state index in [1.807, 2.05) is 0 Å². The van der Waals surface area contributed by atoms with Crippen molar-refractivity contribution in [1.29, 1.82) is 0 Å². The van der Waals surface area contributed by atoms with E-state index in [9.17, 15) is 12.8 Å². The average molecular weight is 306 g/mol. The van der Waals surface area contributed by atoms with E-state index in [0.717, 1.165) is 6.07 Å². The molecule has 0 bridgehead atoms. The maximum absolute atomic E-state index is 13.6. The standard InChI is InChI=1S/C10H15FN4O4S/c1-19-6-5-13-20(17,18)15-8-4-2-3-7(11)9(8)10(12)14-16/h2-4,13,15-16H,5-6H2,1H3,(H2,12,14). The lowest BCUT2D eigenvalue weighted by atomic mass is 10.1. The van der Waals surface area contributed by atoms with Gasteiger partial charge in [-0.05, 0) is 12.1 Å². The lowest BCUT2D eigenvalue weighted by Gasteiger charge is -2.12. The second-order valence-corrected chi connectivity index (χ2v) is 5.14. The lowest BCUT2D eigenvalue weighted by molar-refractivity contribution is 0.204. The van der Waals surface area contributed by atoms with Crippen LogP contribution in [0.4, 0.5) is 10.1 Å². The van der Waals surface area contributed by atoms with Crippen molar-refractivity contribution in [2.75, 3.05) is 25.0 Å². The summed E-state index contributed by atoms with van der Waals surface area (Å²) >= 11 is 0. The van der Waals surface area contributed by atoms with Gasteiger partial charge in [0.05, 0.1) is 17.9 Å². The molecule has 10 heteroatoms. The minimum Gasteiger partial charge on any atom is -0.409 e. The summed E-state index contributed by atoms with van der Waals surface area (Å²) in [5, 5.41) is 11.3. The Morgan fingerprint density at radius 3 is 2.85 bits per heavy atom. The normalized spacial score (nSPS) is 12.4. The Morgan fingerprint density at radius 2 is 2.25 bits per heavy atom. The van der Waals surface area contributed by atoms with Crippen LogP contribution >= 0.6 is 0 Å². The predicted molar refractivity (Wildman–Crippen MR) is 71.3 cm³/mol. The molecule has 0 aliphatic heterocycles. The Balaban J connectivity index is 3.01. The number of halogens is 1. The number of rotatable bonds is 7. The van der Waals surface area contributed by atoms with E-state index in [-0.39, 0.29) is 24.4 Å². The van der Waals surface area contributed by atoms with Crippen LogP contribution in [0.5, 0.6) is 0 Å². The molecule has 0 radical (unpaired) electrons. The molecule has 0 aromatic heterocycles. The van der Waals surface area contributed by atoms with E-state index < -0.39 is 21.9 Å². The van der Waals surface area contributed by atoms with Gasteiger partial charge in [-0.2, -0.15) is 13.1 Å². The Labute approximate surface area is 115 Å². The zero-order chi connectivity index (χ0) is 15.2. The summed E-state index contributed by atoms with van der Waals surface area (Å²) in [4.78, 5) is 0. The van der Waals surface area contributed by atoms with E-state index in [1.165, 1.54) is 19.2 Å². The quantitative estimate of drug-likeness (QED) is 0.183. The highest BCUT2D eigenvalue weighted by molar-refractivity contribution is 7.90. The molecule has 20 heavy (non-hydrogen) atoms. The van der Waals surface area contributed by atoms with Crippen LogP contribution in [0.2, 0.25) is 0 Å². The molecule has 1 rings (SSSR count). The van der Waals surface area contributed by atoms with Crippen molar-refractivity contribution in [2.45, 2.75) is 0 Å². The first-order valence-electron chi connectivity index (χ1n) is 5.44. The highest BCUT2D eigenvalue weighted by atomic mass is 32.2. The van der Waals surface area contributed by atoms with Gasteiger partial charge in [-0.25, -0.2) is 4.39 Å². The Morgan fingerprint density at radius 1 is 1.55 bits per heavy atom. The molecule has 0 atom stereocenters. The minimum absolute atomic E-state index is 0.0417. The summed E-state index contributed by atoms with van der Waals surface area (Å²) in [5.74, 6) is -1.37. The number of methoxy groups -OCH3 is 1. The molecule has 0 fully saturated rings. The number of hydrogen-bond donors (Lipinski definition) is 4. The zero-order valence-corrected chi connectivity index (χ0v) is 11.4. The van der Waals surface area contributed by atoms with Crippen LogP contribution < -0.4 is 15.2 Å². The summed E-state index contributed by atoms with van der Waals surface area (Å²) in [5.41, 5.74) is 4.83. The number of oxime groups is 1. The second kappa shape index (κ2) is 7.03. The lowest BCUT2D eigenvalue weighted by Crippen LogP contribution is -2.33. The highest BCUT2D eigenvalue weighted by Gasteiger charge is 2.17. The number of ether oxygens (including phenoxy) is 1. The molecule has 112 valence electrons. The van der Waals surface area contributed by atoms with Crippen molar-refractivity contribution >= 4 is 21.7 Å². The Kier molecular flexibility index (Phi) is 5.67. The summed E-state index contributed by atoms with van der Waals surface area (Å²) in [6, 6.07) is 3.63. The van der Waals surface area contributed by atoms with Gasteiger partial charge in [-0.1, -0.05) is 11.2 Å². The fourth-order valence-electron chi connectivity index (χ4n) is 1.38. The van der Waals surface area contributed by atoms with Crippen LogP contribution in [0.15, 0.2) is 23.4 Å². The SMILES string of the molecule is COCCNS(=O)(=O)Nc1cccc(F)c1/C(N)=N/O. The smallest absolute Gasteiger partial charge is 0.299 e. The van der Waals surface area contributed by atoms with Crippen LogP contribution in [0.1, 0.15) is 5.56 Å². The van der Waals surface area contributed by atoms with Crippen molar-refractivity contribution in [3.8, 4) is 0 Å². The molecule has 8 nitrogen and oxygen atoms in total. The number of benzene rings is 1. The van der Waals surface area contributed by atoms with Crippen LogP contribution in [-0.4, -0.2) is 39.7 Å². The van der Waals surface area contributed by atoms with Gasteiger partial charge in [0.2, 0.25) is 0 Å². The number of amidine groups is 1. The second-order valence-electron chi connectivity index (χ2n) is 3.64. The monoisotopic (exact) mass is 306 g/mol. The third-order valence-corrected chi connectivity index (χ3v) is 3.29. The van der Waals surface area contributed by atoms with Crippen LogP contribution in [-0.2, 0) is 14.9 Å². The summed E-state index contributed by atoms with van der Waals surface area (Å²) in [6.45, 7) is 0.219. The van der Waals surface area contributed by atoms with Crippen molar-refractivity contribution < 1.29 is 22.8 Å². The molecule has 5 N–H and O–H groups in total. The van der Waals surface area contributed by atoms with Crippen LogP contribution in [0.25, 0.3) is 0 Å². The maximum atomic E-state index is 13.6. The zero-order valence-electron chi connectivity index (χ0n) is 10.6. The topological polar surface area (TPSA) is 126 Å². The first-order valence-corrected chi connectivity index (χ1v) is 6.92. The van der Waals surface area contributed by atoms with Gasteiger partial charge in [0, 0.05) is 13.7 Å². The van der Waals surface area contributed by atoms with Crippen LogP contribution in [0.3, 0.4) is 0 Å². The molecule has 0 spiro atoms. The maximum Gasteiger partial charge on any atom is 0.299 e. The third kappa shape index (κ3) is 4.33. The van der Waals surface area contributed by atoms with Gasteiger partial charge in [-0.3, -0.25) is 4.72 Å². The summed E-state index contributed by atoms with van der Waals surface area (Å²) in [6.07, 6.45) is 0. The van der Waals surface area contributed by atoms with E-state index in [1.54, 1.807) is 0 Å². The van der Waals surface area contributed by atoms with Gasteiger partial charge >= 0.3 is 0 Å². The van der Waals surface area contributed by atoms with Crippen LogP contribution in [0, 0.1) is 5.82 Å². The van der Waals surface area contributed by atoms with E-state index in [2.05, 4.69) is 14.6 Å². The molecule has 1 aromatic carbocycles. The predicted octanol–water partition coefficient (Wildman–Crippen LogP) is -0.187. The highest BCUT2D eigenvalue weighted by Crippen LogP contribution is 2.19. The molecule has 0 aliphatic carbocycles. The molecular formula is C10H15FN4O4S. The fourth-order valence-corrected chi connectivity index (χ4v) is 2.26. The molecule has 0 heterocycles. The molecule has 0 saturated heterocycles. The molecule has 0 unspecified atom stereocenters. The van der Waals surface area contributed by atoms with E-state index in [4.69, 9.17) is 15.7 Å². The first kappa shape index (κ1) is 16.1. The van der Waals surface area contributed by atoms with E-state index in [0.29, 0.717) is 0 Å². The number of anilines is 1. The van der Waals surface area contributed by atoms with Gasteiger partial charge < -0.3 is 15.7 Å². The van der Waals surface area contributed by atoms with Crippen molar-refractivity contribution in [1.82, 2.24) is 4.72 Å². The van der Waals surface area contributed by atoms with Crippen molar-refractivity contribution in [3.05, 3.63) is 29.6 Å². The van der Waals surface area contributed by atoms with Crippen molar-refractivity contribution in [2.24, 2.45) is 10.9 Å². The molecule has 0 aliphatic rings. The minimum atomic E-state index is -3.93. The molecular weight excluding hydrogens is 291 g/mol. The fraction of sp³-hybridized carbons (Fsp3) is 0.300. The number of nitrogens with zero attached hydrogens (tertiary/aromatic N) is 1. The number of hydrogen-bond acceptors (Lipinski definition) is 5. The Hall–Kier alpha value is -1.91. The van der Waals surface area contributed by atoms with Crippen molar-refractivity contribution in [3.63, 3.8) is 0 Å². The molecule has 0 saturated carbocycles. The summed E-state index contributed by atoms with van der Waals surface area (Å²) in [7, 11) is -2.51. The average Bonchev–Trinajstić information content (AvgIpc) is 2.38. The third-order valence-electron chi connectivity index (χ3n) is 2.22. The number of nitrogens with two attached hydrogens (primary N) is 1. The number of nitrogens with one attached hydrogen (secondary N) is 2. The van der Waals surface area contributed by atoms with Gasteiger partial charge in [0.25, 0.3) is 10.2 Å². The van der Waals surface area contributed by atoms with Gasteiger partial charge in [0.1, 0.15) is 5.82 Å². The van der Waals surface area contributed by atoms with Gasteiger partial charge in [-0.15, -0.1) is 0 Å².